The Bertz CT molecular complexity index is 472. The number of nitrogens with two attached hydrogens (primary N) is 1. The highest BCUT2D eigenvalue weighted by Crippen LogP contribution is 2.33. The minimum atomic E-state index is -0.539. The molecule has 1 fully saturated rings. The van der Waals surface area contributed by atoms with Crippen molar-refractivity contribution in [1.29, 1.82) is 0 Å². The van der Waals surface area contributed by atoms with E-state index in [0.717, 1.165) is 12.0 Å². The Morgan fingerprint density at radius 3 is 2.62 bits per heavy atom. The Morgan fingerprint density at radius 1 is 1.38 bits per heavy atom. The van der Waals surface area contributed by atoms with E-state index in [-0.39, 0.29) is 17.7 Å². The van der Waals surface area contributed by atoms with Gasteiger partial charge in [-0.2, -0.15) is 0 Å². The SMILES string of the molecule is CCC1CCC(NC(=O)[C@H](N)Cc2ccc(O)cc2)C1C. The second-order valence-corrected chi connectivity index (χ2v) is 6.20. The standard InChI is InChI=1S/C17H26N2O2/c1-3-13-6-9-16(11(13)2)19-17(21)15(18)10-12-4-7-14(20)8-5-12/h4-5,7-8,11,13,15-16,20H,3,6,9-10,18H2,1-2H3,(H,19,21)/t11?,13?,15-,16?/m1/s1. The summed E-state index contributed by atoms with van der Waals surface area (Å²) in [6.07, 6.45) is 3.91. The molecule has 2 rings (SSSR count). The molecule has 3 unspecified atom stereocenters. The second kappa shape index (κ2) is 6.94. The van der Waals surface area contributed by atoms with E-state index >= 15 is 0 Å². The molecule has 1 aromatic rings. The molecule has 0 bridgehead atoms. The van der Waals surface area contributed by atoms with Crippen molar-refractivity contribution in [1.82, 2.24) is 5.32 Å². The van der Waals surface area contributed by atoms with Crippen molar-refractivity contribution in [2.75, 3.05) is 0 Å². The van der Waals surface area contributed by atoms with Crippen molar-refractivity contribution >= 4 is 5.91 Å². The predicted molar refractivity (Wildman–Crippen MR) is 83.9 cm³/mol. The van der Waals surface area contributed by atoms with Crippen LogP contribution in [0, 0.1) is 11.8 Å². The van der Waals surface area contributed by atoms with Gasteiger partial charge < -0.3 is 16.2 Å². The Morgan fingerprint density at radius 2 is 2.05 bits per heavy atom. The van der Waals surface area contributed by atoms with Gasteiger partial charge in [0.1, 0.15) is 5.75 Å². The van der Waals surface area contributed by atoms with E-state index in [1.807, 2.05) is 0 Å². The van der Waals surface area contributed by atoms with Crippen LogP contribution in [0.5, 0.6) is 5.75 Å². The van der Waals surface area contributed by atoms with Gasteiger partial charge in [0.2, 0.25) is 5.91 Å². The molecule has 0 aromatic heterocycles. The molecule has 0 saturated heterocycles. The second-order valence-electron chi connectivity index (χ2n) is 6.20. The highest BCUT2D eigenvalue weighted by molar-refractivity contribution is 5.82. The number of hydrogen-bond donors (Lipinski definition) is 3. The van der Waals surface area contributed by atoms with Crippen LogP contribution >= 0.6 is 0 Å². The van der Waals surface area contributed by atoms with Crippen molar-refractivity contribution < 1.29 is 9.90 Å². The molecule has 4 nitrogen and oxygen atoms in total. The molecule has 1 amide bonds. The maximum Gasteiger partial charge on any atom is 0.237 e. The fourth-order valence-electron chi connectivity index (χ4n) is 3.30. The molecule has 1 aliphatic carbocycles. The number of rotatable bonds is 5. The van der Waals surface area contributed by atoms with Crippen molar-refractivity contribution in [2.45, 2.75) is 51.6 Å². The predicted octanol–water partition coefficient (Wildman–Crippen LogP) is 2.20. The zero-order chi connectivity index (χ0) is 15.4. The first kappa shape index (κ1) is 15.8. The summed E-state index contributed by atoms with van der Waals surface area (Å²) < 4.78 is 0. The van der Waals surface area contributed by atoms with E-state index in [1.54, 1.807) is 24.3 Å². The van der Waals surface area contributed by atoms with Gasteiger partial charge in [0.05, 0.1) is 6.04 Å². The third-order valence-electron chi connectivity index (χ3n) is 4.81. The molecule has 1 saturated carbocycles. The molecule has 1 aliphatic rings. The number of amides is 1. The van der Waals surface area contributed by atoms with Gasteiger partial charge in [-0.05, 0) is 48.8 Å². The van der Waals surface area contributed by atoms with Gasteiger partial charge in [-0.3, -0.25) is 4.79 Å². The zero-order valence-electron chi connectivity index (χ0n) is 12.9. The van der Waals surface area contributed by atoms with Crippen molar-refractivity contribution in [3.63, 3.8) is 0 Å². The van der Waals surface area contributed by atoms with Crippen LogP contribution in [0.15, 0.2) is 24.3 Å². The average Bonchev–Trinajstić information content (AvgIpc) is 2.82. The molecular weight excluding hydrogens is 264 g/mol. The summed E-state index contributed by atoms with van der Waals surface area (Å²) >= 11 is 0. The van der Waals surface area contributed by atoms with Gasteiger partial charge in [-0.15, -0.1) is 0 Å². The first-order valence-electron chi connectivity index (χ1n) is 7.85. The monoisotopic (exact) mass is 290 g/mol. The summed E-state index contributed by atoms with van der Waals surface area (Å²) in [5.41, 5.74) is 6.96. The van der Waals surface area contributed by atoms with E-state index in [2.05, 4.69) is 19.2 Å². The summed E-state index contributed by atoms with van der Waals surface area (Å²) in [5, 5.41) is 12.4. The fraction of sp³-hybridized carbons (Fsp3) is 0.588. The minimum absolute atomic E-state index is 0.0725. The van der Waals surface area contributed by atoms with Gasteiger partial charge in [0, 0.05) is 6.04 Å². The number of nitrogens with one attached hydrogen (secondary N) is 1. The third kappa shape index (κ3) is 3.97. The van der Waals surface area contributed by atoms with Crippen LogP contribution in [0.3, 0.4) is 0 Å². The highest BCUT2D eigenvalue weighted by Gasteiger charge is 2.33. The minimum Gasteiger partial charge on any atom is -0.508 e. The number of carbonyl (C=O) groups excluding carboxylic acids is 1. The molecule has 0 radical (unpaired) electrons. The third-order valence-corrected chi connectivity index (χ3v) is 4.81. The van der Waals surface area contributed by atoms with Crippen LogP contribution in [0.2, 0.25) is 0 Å². The average molecular weight is 290 g/mol. The number of aromatic hydroxyl groups is 1. The highest BCUT2D eigenvalue weighted by atomic mass is 16.3. The first-order valence-corrected chi connectivity index (χ1v) is 7.85. The van der Waals surface area contributed by atoms with Crippen molar-refractivity contribution in [3.05, 3.63) is 29.8 Å². The molecule has 1 aromatic carbocycles. The van der Waals surface area contributed by atoms with E-state index in [4.69, 9.17) is 5.73 Å². The van der Waals surface area contributed by atoms with Crippen molar-refractivity contribution in [2.24, 2.45) is 17.6 Å². The summed E-state index contributed by atoms with van der Waals surface area (Å²) in [4.78, 5) is 12.2. The lowest BCUT2D eigenvalue weighted by atomic mass is 9.93. The molecule has 4 heteroatoms. The molecule has 21 heavy (non-hydrogen) atoms. The Kier molecular flexibility index (Phi) is 5.23. The summed E-state index contributed by atoms with van der Waals surface area (Å²) in [7, 11) is 0. The van der Waals surface area contributed by atoms with Gasteiger partial charge >= 0.3 is 0 Å². The van der Waals surface area contributed by atoms with Crippen LogP contribution < -0.4 is 11.1 Å². The van der Waals surface area contributed by atoms with Crippen LogP contribution in [-0.2, 0) is 11.2 Å². The van der Waals surface area contributed by atoms with Gasteiger partial charge in [-0.25, -0.2) is 0 Å². The number of phenols is 1. The Hall–Kier alpha value is -1.55. The van der Waals surface area contributed by atoms with Gasteiger partial charge in [-0.1, -0.05) is 32.4 Å². The Labute approximate surface area is 126 Å². The van der Waals surface area contributed by atoms with Crippen molar-refractivity contribution in [3.8, 4) is 5.75 Å². The molecule has 0 heterocycles. The largest absolute Gasteiger partial charge is 0.508 e. The Balaban J connectivity index is 1.87. The fourth-order valence-corrected chi connectivity index (χ4v) is 3.30. The lowest BCUT2D eigenvalue weighted by Crippen LogP contribution is -2.47. The van der Waals surface area contributed by atoms with E-state index in [0.29, 0.717) is 18.3 Å². The van der Waals surface area contributed by atoms with Crippen LogP contribution in [0.1, 0.15) is 38.7 Å². The summed E-state index contributed by atoms with van der Waals surface area (Å²) in [6, 6.07) is 6.55. The lowest BCUT2D eigenvalue weighted by molar-refractivity contribution is -0.123. The van der Waals surface area contributed by atoms with Crippen LogP contribution in [-0.4, -0.2) is 23.1 Å². The lowest BCUT2D eigenvalue weighted by Gasteiger charge is -2.22. The van der Waals surface area contributed by atoms with E-state index < -0.39 is 6.04 Å². The van der Waals surface area contributed by atoms with Crippen LogP contribution in [0.25, 0.3) is 0 Å². The van der Waals surface area contributed by atoms with Crippen LogP contribution in [0.4, 0.5) is 0 Å². The quantitative estimate of drug-likeness (QED) is 0.778. The first-order chi connectivity index (χ1) is 10.0. The molecule has 116 valence electrons. The molecule has 0 spiro atoms. The van der Waals surface area contributed by atoms with E-state index in [9.17, 15) is 9.90 Å². The molecular formula is C17H26N2O2. The number of hydrogen-bond acceptors (Lipinski definition) is 3. The van der Waals surface area contributed by atoms with E-state index in [1.165, 1.54) is 12.8 Å². The zero-order valence-corrected chi connectivity index (χ0v) is 12.9. The topological polar surface area (TPSA) is 75.4 Å². The molecule has 0 aliphatic heterocycles. The smallest absolute Gasteiger partial charge is 0.237 e. The number of phenolic OH excluding ortho intramolecular Hbond substituents is 1. The summed E-state index contributed by atoms with van der Waals surface area (Å²) in [6.45, 7) is 4.43. The van der Waals surface area contributed by atoms with Gasteiger partial charge in [0.25, 0.3) is 0 Å². The maximum absolute atomic E-state index is 12.2. The maximum atomic E-state index is 12.2. The molecule has 4 atom stereocenters. The summed E-state index contributed by atoms with van der Waals surface area (Å²) in [5.74, 6) is 1.39. The number of benzene rings is 1. The number of carbonyl (C=O) groups is 1. The normalized spacial score (nSPS) is 26.5. The van der Waals surface area contributed by atoms with Gasteiger partial charge in [0.15, 0.2) is 0 Å². The molecule has 4 N–H and O–H groups in total.